The second-order valence-corrected chi connectivity index (χ2v) is 8.71. The Morgan fingerprint density at radius 1 is 0.871 bits per heavy atom. The molecule has 2 aliphatic rings. The maximum atomic E-state index is 10.5. The van der Waals surface area contributed by atoms with Gasteiger partial charge >= 0.3 is 0 Å². The van der Waals surface area contributed by atoms with Crippen molar-refractivity contribution < 1.29 is 14.9 Å². The van der Waals surface area contributed by atoms with Gasteiger partial charge in [-0.3, -0.25) is 14.7 Å². The molecule has 2 heterocycles. The number of ether oxygens (including phenoxy) is 1. The van der Waals surface area contributed by atoms with Crippen molar-refractivity contribution in [1.82, 2.24) is 14.7 Å². The summed E-state index contributed by atoms with van der Waals surface area (Å²) < 4.78 is 5.93. The molecule has 2 aromatic carbocycles. The van der Waals surface area contributed by atoms with E-state index in [9.17, 15) is 5.11 Å². The Kier molecular flexibility index (Phi) is 7.94. The van der Waals surface area contributed by atoms with Crippen LogP contribution in [0.4, 0.5) is 0 Å². The molecular formula is C25H35N3O3. The molecule has 0 unspecified atom stereocenters. The monoisotopic (exact) mass is 425 g/mol. The summed E-state index contributed by atoms with van der Waals surface area (Å²) >= 11 is 0. The van der Waals surface area contributed by atoms with Gasteiger partial charge < -0.3 is 14.9 Å². The SMILES string of the molecule is OCCN1CCN(Cc2cccc(OC[C@@H](O)CN3CCc4ccccc4C3)c2)CC1. The predicted octanol–water partition coefficient (Wildman–Crippen LogP) is 1.59. The molecule has 2 aromatic rings. The maximum absolute atomic E-state index is 10.5. The highest BCUT2D eigenvalue weighted by molar-refractivity contribution is 5.29. The molecule has 1 atom stereocenters. The summed E-state index contributed by atoms with van der Waals surface area (Å²) in [5.41, 5.74) is 4.03. The second kappa shape index (κ2) is 11.1. The fourth-order valence-electron chi connectivity index (χ4n) is 4.56. The van der Waals surface area contributed by atoms with E-state index in [4.69, 9.17) is 9.84 Å². The molecule has 0 radical (unpaired) electrons. The topological polar surface area (TPSA) is 59.4 Å². The lowest BCUT2D eigenvalue weighted by molar-refractivity contribution is 0.0637. The molecular weight excluding hydrogens is 390 g/mol. The summed E-state index contributed by atoms with van der Waals surface area (Å²) in [4.78, 5) is 7.05. The molecule has 0 bridgehead atoms. The molecule has 6 nitrogen and oxygen atoms in total. The molecule has 31 heavy (non-hydrogen) atoms. The minimum Gasteiger partial charge on any atom is -0.491 e. The van der Waals surface area contributed by atoms with E-state index in [0.717, 1.165) is 64.5 Å². The van der Waals surface area contributed by atoms with Crippen molar-refractivity contribution >= 4 is 0 Å². The summed E-state index contributed by atoms with van der Waals surface area (Å²) in [6.45, 7) is 8.76. The van der Waals surface area contributed by atoms with Crippen LogP contribution in [-0.2, 0) is 19.5 Å². The molecule has 0 amide bonds. The zero-order chi connectivity index (χ0) is 21.5. The van der Waals surface area contributed by atoms with Gasteiger partial charge in [-0.25, -0.2) is 0 Å². The van der Waals surface area contributed by atoms with Gasteiger partial charge in [0, 0.05) is 58.9 Å². The third-order valence-corrected chi connectivity index (χ3v) is 6.31. The minimum atomic E-state index is -0.506. The van der Waals surface area contributed by atoms with E-state index in [2.05, 4.69) is 51.1 Å². The summed E-state index contributed by atoms with van der Waals surface area (Å²) in [7, 11) is 0. The Balaban J connectivity index is 1.21. The van der Waals surface area contributed by atoms with Gasteiger partial charge in [0.1, 0.15) is 18.5 Å². The molecule has 0 aliphatic carbocycles. The third kappa shape index (κ3) is 6.51. The first kappa shape index (κ1) is 22.2. The molecule has 0 spiro atoms. The quantitative estimate of drug-likeness (QED) is 0.637. The zero-order valence-electron chi connectivity index (χ0n) is 18.3. The number of fused-ring (bicyclic) bond motifs is 1. The number of benzene rings is 2. The van der Waals surface area contributed by atoms with Crippen LogP contribution in [0.3, 0.4) is 0 Å². The molecule has 168 valence electrons. The fraction of sp³-hybridized carbons (Fsp3) is 0.520. The first-order valence-corrected chi connectivity index (χ1v) is 11.4. The first-order chi connectivity index (χ1) is 15.2. The standard InChI is InChI=1S/C25H35N3O3/c29-15-14-26-10-12-27(13-11-26)17-21-4-3-7-25(16-21)31-20-24(30)19-28-9-8-22-5-1-2-6-23(22)18-28/h1-7,16,24,29-30H,8-15,17-20H2/t24-/m0/s1. The lowest BCUT2D eigenvalue weighted by atomic mass is 10.00. The van der Waals surface area contributed by atoms with Crippen LogP contribution in [0.25, 0.3) is 0 Å². The van der Waals surface area contributed by atoms with Crippen LogP contribution >= 0.6 is 0 Å². The van der Waals surface area contributed by atoms with E-state index in [0.29, 0.717) is 13.2 Å². The Bertz CT molecular complexity index is 823. The van der Waals surface area contributed by atoms with Crippen molar-refractivity contribution in [3.63, 3.8) is 0 Å². The van der Waals surface area contributed by atoms with Crippen molar-refractivity contribution in [3.8, 4) is 5.75 Å². The maximum Gasteiger partial charge on any atom is 0.119 e. The Morgan fingerprint density at radius 3 is 2.45 bits per heavy atom. The van der Waals surface area contributed by atoms with Gasteiger partial charge in [0.2, 0.25) is 0 Å². The summed E-state index contributed by atoms with van der Waals surface area (Å²) in [5.74, 6) is 0.819. The molecule has 2 aliphatic heterocycles. The molecule has 4 rings (SSSR count). The van der Waals surface area contributed by atoms with Gasteiger partial charge in [0.05, 0.1) is 6.61 Å². The molecule has 6 heteroatoms. The number of aliphatic hydroxyl groups is 2. The average molecular weight is 426 g/mol. The van der Waals surface area contributed by atoms with Gasteiger partial charge in [0.15, 0.2) is 0 Å². The number of hydrogen-bond acceptors (Lipinski definition) is 6. The van der Waals surface area contributed by atoms with Crippen LogP contribution in [0, 0.1) is 0 Å². The van der Waals surface area contributed by atoms with Gasteiger partial charge in [0.25, 0.3) is 0 Å². The Labute approximate surface area is 185 Å². The minimum absolute atomic E-state index is 0.232. The van der Waals surface area contributed by atoms with E-state index in [-0.39, 0.29) is 6.61 Å². The number of rotatable bonds is 9. The predicted molar refractivity (Wildman–Crippen MR) is 122 cm³/mol. The van der Waals surface area contributed by atoms with Crippen molar-refractivity contribution in [2.75, 3.05) is 59.0 Å². The van der Waals surface area contributed by atoms with E-state index < -0.39 is 6.10 Å². The second-order valence-electron chi connectivity index (χ2n) is 8.71. The van der Waals surface area contributed by atoms with Crippen LogP contribution in [0.2, 0.25) is 0 Å². The highest BCUT2D eigenvalue weighted by atomic mass is 16.5. The summed E-state index contributed by atoms with van der Waals surface area (Å²) in [5, 5.41) is 19.6. The van der Waals surface area contributed by atoms with Crippen LogP contribution in [0.5, 0.6) is 5.75 Å². The normalized spacial score (nSPS) is 19.2. The van der Waals surface area contributed by atoms with Crippen molar-refractivity contribution in [2.45, 2.75) is 25.6 Å². The third-order valence-electron chi connectivity index (χ3n) is 6.31. The van der Waals surface area contributed by atoms with E-state index >= 15 is 0 Å². The van der Waals surface area contributed by atoms with Crippen LogP contribution < -0.4 is 4.74 Å². The fourth-order valence-corrected chi connectivity index (χ4v) is 4.56. The summed E-state index contributed by atoms with van der Waals surface area (Å²) in [6, 6.07) is 16.8. The molecule has 0 aromatic heterocycles. The Hall–Kier alpha value is -1.96. The Morgan fingerprint density at radius 2 is 1.65 bits per heavy atom. The summed E-state index contributed by atoms with van der Waals surface area (Å²) in [6.07, 6.45) is 0.536. The highest BCUT2D eigenvalue weighted by Gasteiger charge is 2.19. The van der Waals surface area contributed by atoms with Crippen LogP contribution in [0.15, 0.2) is 48.5 Å². The number of β-amino-alcohol motifs (C(OH)–C–C–N with tert-alkyl or cyclic N) is 2. The van der Waals surface area contributed by atoms with Gasteiger partial charge in [-0.2, -0.15) is 0 Å². The van der Waals surface area contributed by atoms with E-state index in [1.807, 2.05) is 12.1 Å². The van der Waals surface area contributed by atoms with Crippen LogP contribution in [0.1, 0.15) is 16.7 Å². The molecule has 2 N–H and O–H groups in total. The number of aliphatic hydroxyl groups excluding tert-OH is 2. The van der Waals surface area contributed by atoms with Gasteiger partial charge in [-0.05, 0) is 35.2 Å². The highest BCUT2D eigenvalue weighted by Crippen LogP contribution is 2.19. The van der Waals surface area contributed by atoms with Gasteiger partial charge in [-0.1, -0.05) is 36.4 Å². The lowest BCUT2D eigenvalue weighted by Gasteiger charge is -2.34. The molecule has 1 fully saturated rings. The number of nitrogens with zero attached hydrogens (tertiary/aromatic N) is 3. The van der Waals surface area contributed by atoms with Crippen molar-refractivity contribution in [3.05, 3.63) is 65.2 Å². The average Bonchev–Trinajstić information content (AvgIpc) is 2.79. The van der Waals surface area contributed by atoms with Crippen molar-refractivity contribution in [1.29, 1.82) is 0 Å². The van der Waals surface area contributed by atoms with Crippen molar-refractivity contribution in [2.24, 2.45) is 0 Å². The van der Waals surface area contributed by atoms with E-state index in [1.165, 1.54) is 16.7 Å². The first-order valence-electron chi connectivity index (χ1n) is 11.4. The smallest absolute Gasteiger partial charge is 0.119 e. The zero-order valence-corrected chi connectivity index (χ0v) is 18.3. The van der Waals surface area contributed by atoms with E-state index in [1.54, 1.807) is 0 Å². The van der Waals surface area contributed by atoms with Crippen LogP contribution in [-0.4, -0.2) is 90.0 Å². The largest absolute Gasteiger partial charge is 0.491 e. The number of piperazine rings is 1. The number of hydrogen-bond donors (Lipinski definition) is 2. The molecule has 0 saturated carbocycles. The van der Waals surface area contributed by atoms with Gasteiger partial charge in [-0.15, -0.1) is 0 Å². The molecule has 1 saturated heterocycles. The lowest BCUT2D eigenvalue weighted by Crippen LogP contribution is -2.46.